The molecule has 0 saturated carbocycles. The van der Waals surface area contributed by atoms with Gasteiger partial charge in [0.15, 0.2) is 0 Å². The van der Waals surface area contributed by atoms with E-state index >= 15 is 0 Å². The summed E-state index contributed by atoms with van der Waals surface area (Å²) in [4.78, 5) is 0.193. The number of benzene rings is 2. The maximum Gasteiger partial charge on any atom is 0.262 e. The van der Waals surface area contributed by atoms with Gasteiger partial charge >= 0.3 is 0 Å². The van der Waals surface area contributed by atoms with E-state index in [-0.39, 0.29) is 16.6 Å². The molecular formula is C22H30N2O4S2. The van der Waals surface area contributed by atoms with Crippen LogP contribution in [0.1, 0.15) is 54.9 Å². The Morgan fingerprint density at radius 1 is 1.00 bits per heavy atom. The van der Waals surface area contributed by atoms with E-state index in [0.717, 1.165) is 17.5 Å². The van der Waals surface area contributed by atoms with E-state index in [2.05, 4.69) is 4.72 Å². The first-order chi connectivity index (χ1) is 13.9. The van der Waals surface area contributed by atoms with Gasteiger partial charge < -0.3 is 0 Å². The number of para-hydroxylation sites is 1. The Balaban J connectivity index is 2.04. The van der Waals surface area contributed by atoms with Crippen molar-refractivity contribution < 1.29 is 16.8 Å². The highest BCUT2D eigenvalue weighted by atomic mass is 32.2. The van der Waals surface area contributed by atoms with Crippen molar-refractivity contribution in [2.75, 3.05) is 21.3 Å². The van der Waals surface area contributed by atoms with Gasteiger partial charge in [-0.15, -0.1) is 0 Å². The summed E-state index contributed by atoms with van der Waals surface area (Å²) in [7, 11) is -7.21. The average Bonchev–Trinajstić information content (AvgIpc) is 2.61. The second-order valence-electron chi connectivity index (χ2n) is 8.30. The molecule has 0 atom stereocenters. The lowest BCUT2D eigenvalue weighted by Gasteiger charge is -2.29. The molecule has 1 N–H and O–H groups in total. The molecule has 2 aromatic carbocycles. The monoisotopic (exact) mass is 450 g/mol. The number of anilines is 2. The zero-order chi connectivity index (χ0) is 22.3. The average molecular weight is 451 g/mol. The van der Waals surface area contributed by atoms with Crippen LogP contribution in [0.4, 0.5) is 11.4 Å². The second kappa shape index (κ2) is 8.23. The summed E-state index contributed by atoms with van der Waals surface area (Å²) in [6.45, 7) is 9.78. The summed E-state index contributed by atoms with van der Waals surface area (Å²) in [6.07, 6.45) is 1.45. The Bertz CT molecular complexity index is 1150. The molecule has 1 fully saturated rings. The number of hydrogen-bond donors (Lipinski definition) is 1. The second-order valence-corrected chi connectivity index (χ2v) is 11.9. The Kier molecular flexibility index (Phi) is 6.20. The minimum atomic E-state index is -3.85. The summed E-state index contributed by atoms with van der Waals surface area (Å²) in [5.74, 6) is 0.286. The molecule has 0 aromatic heterocycles. The molecular weight excluding hydrogens is 420 g/mol. The molecule has 0 spiro atoms. The molecule has 1 heterocycles. The first-order valence-electron chi connectivity index (χ1n) is 10.2. The zero-order valence-electron chi connectivity index (χ0n) is 18.2. The number of rotatable bonds is 5. The van der Waals surface area contributed by atoms with Gasteiger partial charge in [0.2, 0.25) is 10.0 Å². The fraction of sp³-hybridized carbons (Fsp3) is 0.455. The van der Waals surface area contributed by atoms with Crippen molar-refractivity contribution in [2.24, 2.45) is 0 Å². The molecule has 1 aliphatic heterocycles. The van der Waals surface area contributed by atoms with Crippen molar-refractivity contribution >= 4 is 31.4 Å². The van der Waals surface area contributed by atoms with Crippen molar-refractivity contribution in [1.29, 1.82) is 0 Å². The highest BCUT2D eigenvalue weighted by Crippen LogP contribution is 2.33. The molecule has 6 nitrogen and oxygen atoms in total. The molecule has 0 bridgehead atoms. The molecule has 0 unspecified atom stereocenters. The molecule has 164 valence electrons. The minimum absolute atomic E-state index is 0.123. The molecule has 1 aliphatic rings. The van der Waals surface area contributed by atoms with Crippen LogP contribution in [0.5, 0.6) is 0 Å². The Morgan fingerprint density at radius 2 is 1.63 bits per heavy atom. The predicted octanol–water partition coefficient (Wildman–Crippen LogP) is 4.47. The number of sulfonamides is 2. The third-order valence-corrected chi connectivity index (χ3v) is 9.04. The summed E-state index contributed by atoms with van der Waals surface area (Å²) in [5, 5.41) is 0. The van der Waals surface area contributed by atoms with Crippen molar-refractivity contribution in [3.05, 3.63) is 52.6 Å². The Hall–Kier alpha value is -2.06. The lowest BCUT2D eigenvalue weighted by molar-refractivity contribution is 0.574. The van der Waals surface area contributed by atoms with E-state index in [1.807, 2.05) is 39.0 Å². The first kappa shape index (κ1) is 22.6. The van der Waals surface area contributed by atoms with Crippen molar-refractivity contribution in [3.8, 4) is 0 Å². The van der Waals surface area contributed by atoms with E-state index in [1.54, 1.807) is 26.0 Å². The molecule has 0 radical (unpaired) electrons. The smallest absolute Gasteiger partial charge is 0.262 e. The van der Waals surface area contributed by atoms with Gasteiger partial charge in [0.25, 0.3) is 10.0 Å². The molecule has 2 aromatic rings. The lowest BCUT2D eigenvalue weighted by atomic mass is 9.99. The van der Waals surface area contributed by atoms with Crippen molar-refractivity contribution in [2.45, 2.75) is 58.3 Å². The van der Waals surface area contributed by atoms with E-state index in [1.165, 1.54) is 4.31 Å². The van der Waals surface area contributed by atoms with Crippen molar-refractivity contribution in [1.82, 2.24) is 0 Å². The largest absolute Gasteiger partial charge is 0.279 e. The van der Waals surface area contributed by atoms with Gasteiger partial charge in [-0.25, -0.2) is 16.8 Å². The highest BCUT2D eigenvalue weighted by molar-refractivity contribution is 7.93. The standard InChI is InChI=1S/C22H30N2O4S2/c1-15(2)20-10-8-9-16(3)21(20)23-30(27,28)22-17(4)13-19(14-18(22)5)24-11-6-7-12-29(24,25)26/h8-10,13-15,23H,6-7,11-12H2,1-5H3. The van der Waals surface area contributed by atoms with Gasteiger partial charge in [0, 0.05) is 6.54 Å². The van der Waals surface area contributed by atoms with Crippen LogP contribution < -0.4 is 9.03 Å². The van der Waals surface area contributed by atoms with E-state index < -0.39 is 20.0 Å². The molecule has 0 amide bonds. The summed E-state index contributed by atoms with van der Waals surface area (Å²) < 4.78 is 55.8. The molecule has 1 saturated heterocycles. The Morgan fingerprint density at radius 3 is 2.20 bits per heavy atom. The normalized spacial score (nSPS) is 16.7. The summed E-state index contributed by atoms with van der Waals surface area (Å²) >= 11 is 0. The number of aryl methyl sites for hydroxylation is 3. The maximum atomic E-state index is 13.3. The minimum Gasteiger partial charge on any atom is -0.279 e. The Labute approximate surface area is 180 Å². The van der Waals surface area contributed by atoms with Crippen LogP contribution in [0.2, 0.25) is 0 Å². The van der Waals surface area contributed by atoms with Gasteiger partial charge in [-0.1, -0.05) is 32.0 Å². The molecule has 3 rings (SSSR count). The zero-order valence-corrected chi connectivity index (χ0v) is 19.8. The van der Waals surface area contributed by atoms with Gasteiger partial charge in [-0.3, -0.25) is 9.03 Å². The summed E-state index contributed by atoms with van der Waals surface area (Å²) in [6, 6.07) is 9.05. The fourth-order valence-electron chi connectivity index (χ4n) is 4.07. The van der Waals surface area contributed by atoms with Gasteiger partial charge in [0.1, 0.15) is 0 Å². The van der Waals surface area contributed by atoms with Crippen LogP contribution in [0.15, 0.2) is 35.2 Å². The van der Waals surface area contributed by atoms with Crippen LogP contribution in [0.3, 0.4) is 0 Å². The van der Waals surface area contributed by atoms with Crippen LogP contribution in [0, 0.1) is 20.8 Å². The maximum absolute atomic E-state index is 13.3. The topological polar surface area (TPSA) is 83.6 Å². The van der Waals surface area contributed by atoms with Gasteiger partial charge in [0.05, 0.1) is 22.0 Å². The van der Waals surface area contributed by atoms with E-state index in [9.17, 15) is 16.8 Å². The fourth-order valence-corrected chi connectivity index (χ4v) is 7.31. The molecule has 0 aliphatic carbocycles. The SMILES string of the molecule is Cc1cccc(C(C)C)c1NS(=O)(=O)c1c(C)cc(N2CCCCS2(=O)=O)cc1C. The quantitative estimate of drug-likeness (QED) is 0.729. The predicted molar refractivity (Wildman–Crippen MR) is 122 cm³/mol. The number of nitrogens with one attached hydrogen (secondary N) is 1. The molecule has 8 heteroatoms. The van der Waals surface area contributed by atoms with Crippen LogP contribution in [-0.2, 0) is 20.0 Å². The van der Waals surface area contributed by atoms with Crippen LogP contribution >= 0.6 is 0 Å². The number of nitrogens with zero attached hydrogens (tertiary/aromatic N) is 1. The lowest BCUT2D eigenvalue weighted by Crippen LogP contribution is -2.38. The van der Waals surface area contributed by atoms with E-state index in [0.29, 0.717) is 35.5 Å². The van der Waals surface area contributed by atoms with Crippen molar-refractivity contribution in [3.63, 3.8) is 0 Å². The van der Waals surface area contributed by atoms with Crippen LogP contribution in [-0.4, -0.2) is 29.1 Å². The van der Waals surface area contributed by atoms with Gasteiger partial charge in [-0.2, -0.15) is 0 Å². The first-order valence-corrected chi connectivity index (χ1v) is 13.3. The van der Waals surface area contributed by atoms with E-state index in [4.69, 9.17) is 0 Å². The third-order valence-electron chi connectivity index (χ3n) is 5.51. The van der Waals surface area contributed by atoms with Gasteiger partial charge in [-0.05, 0) is 73.9 Å². The summed E-state index contributed by atoms with van der Waals surface area (Å²) in [5.41, 5.74) is 3.98. The third kappa shape index (κ3) is 4.34. The van der Waals surface area contributed by atoms with Crippen LogP contribution in [0.25, 0.3) is 0 Å². The molecule has 30 heavy (non-hydrogen) atoms. The number of hydrogen-bond acceptors (Lipinski definition) is 4. The highest BCUT2D eigenvalue weighted by Gasteiger charge is 2.29.